The Morgan fingerprint density at radius 2 is 1.16 bits per heavy atom. The smallest absolute Gasteiger partial charge is 0.275 e. The van der Waals surface area contributed by atoms with Crippen LogP contribution in [0.5, 0.6) is 0 Å². The van der Waals surface area contributed by atoms with Gasteiger partial charge in [0.2, 0.25) is 0 Å². The van der Waals surface area contributed by atoms with Crippen LogP contribution in [-0.2, 0) is 4.74 Å². The number of halogens is 2. The van der Waals surface area contributed by atoms with Gasteiger partial charge in [-0.3, -0.25) is 23.5 Å². The van der Waals surface area contributed by atoms with E-state index in [0.717, 1.165) is 15.8 Å². The van der Waals surface area contributed by atoms with Crippen LogP contribution in [0.1, 0.15) is 29.8 Å². The molecule has 0 aliphatic carbocycles. The van der Waals surface area contributed by atoms with Crippen LogP contribution in [0.2, 0.25) is 10.0 Å². The standard InChI is InChI=1S/C19H14ClN3O2S.C17H10ClN3O2S/c1-3-25-11(2)14-8-9-21-18-15(14)16-17(26-18)19(24)23(10-22-16)13-6-4-12(20)5-7-13;1-9(22)12-6-7-19-16-13(12)14-15(24-16)17(23)21(8-20-14)11-4-2-10(18)3-5-11/h4-10H,2-3H2,1H3;2-8H,1H3. The highest BCUT2D eigenvalue weighted by atomic mass is 35.5. The van der Waals surface area contributed by atoms with E-state index in [0.29, 0.717) is 70.0 Å². The largest absolute Gasteiger partial charge is 0.494 e. The third kappa shape index (κ3) is 5.96. The summed E-state index contributed by atoms with van der Waals surface area (Å²) in [6.07, 6.45) is 6.26. The average molecular weight is 740 g/mol. The number of fused-ring (bicyclic) bond motifs is 6. The van der Waals surface area contributed by atoms with Crippen molar-refractivity contribution in [3.8, 4) is 11.4 Å². The number of hydrogen-bond acceptors (Lipinski definition) is 10. The highest BCUT2D eigenvalue weighted by Crippen LogP contribution is 2.35. The molecule has 0 amide bonds. The second kappa shape index (κ2) is 13.6. The van der Waals surface area contributed by atoms with Crippen molar-refractivity contribution in [3.63, 3.8) is 0 Å². The lowest BCUT2D eigenvalue weighted by Crippen LogP contribution is -2.17. The zero-order valence-corrected chi connectivity index (χ0v) is 29.5. The molecule has 8 rings (SSSR count). The second-order valence-electron chi connectivity index (χ2n) is 10.8. The lowest BCUT2D eigenvalue weighted by Gasteiger charge is -2.08. The Labute approximate surface area is 301 Å². The van der Waals surface area contributed by atoms with E-state index in [1.807, 2.05) is 13.0 Å². The molecule has 0 unspecified atom stereocenters. The second-order valence-corrected chi connectivity index (χ2v) is 13.7. The molecular weight excluding hydrogens is 715 g/mol. The minimum atomic E-state index is -0.195. The van der Waals surface area contributed by atoms with E-state index >= 15 is 0 Å². The number of carbonyl (C=O) groups excluding carboxylic acids is 1. The SMILES string of the molecule is C=C(OCC)c1ccnc2sc3c(=O)n(-c4ccc(Cl)cc4)cnc3c12.CC(=O)c1ccnc2sc3c(=O)n(-c4ccc(Cl)cc4)cnc3c12. The van der Waals surface area contributed by atoms with E-state index in [-0.39, 0.29) is 16.9 Å². The van der Waals surface area contributed by atoms with Crippen molar-refractivity contribution in [1.29, 1.82) is 0 Å². The van der Waals surface area contributed by atoms with Crippen molar-refractivity contribution in [3.05, 3.63) is 134 Å². The monoisotopic (exact) mass is 738 g/mol. The minimum Gasteiger partial charge on any atom is -0.494 e. The van der Waals surface area contributed by atoms with Crippen LogP contribution in [-0.4, -0.2) is 41.5 Å². The molecule has 0 spiro atoms. The fraction of sp³-hybridized carbons (Fsp3) is 0.0833. The Kier molecular flexibility index (Phi) is 9.02. The Morgan fingerprint density at radius 3 is 1.60 bits per heavy atom. The zero-order valence-electron chi connectivity index (χ0n) is 26.4. The molecule has 0 aliphatic rings. The van der Waals surface area contributed by atoms with Crippen molar-refractivity contribution in [2.24, 2.45) is 0 Å². The number of thiophene rings is 2. The summed E-state index contributed by atoms with van der Waals surface area (Å²) in [5.41, 5.74) is 3.51. The lowest BCUT2D eigenvalue weighted by atomic mass is 10.1. The fourth-order valence-corrected chi connectivity index (χ4v) is 7.81. The first-order valence-electron chi connectivity index (χ1n) is 15.1. The van der Waals surface area contributed by atoms with Gasteiger partial charge in [0, 0.05) is 44.3 Å². The first kappa shape index (κ1) is 33.2. The molecule has 0 fully saturated rings. The van der Waals surface area contributed by atoms with Crippen molar-refractivity contribution < 1.29 is 9.53 Å². The summed E-state index contributed by atoms with van der Waals surface area (Å²) in [6, 6.07) is 17.5. The highest BCUT2D eigenvalue weighted by Gasteiger charge is 2.19. The van der Waals surface area contributed by atoms with E-state index in [2.05, 4.69) is 26.5 Å². The first-order valence-corrected chi connectivity index (χ1v) is 17.5. The summed E-state index contributed by atoms with van der Waals surface area (Å²) in [4.78, 5) is 56.7. The van der Waals surface area contributed by atoms with Crippen LogP contribution in [0.15, 0.2) is 102 Å². The van der Waals surface area contributed by atoms with Gasteiger partial charge in [-0.2, -0.15) is 0 Å². The zero-order chi connectivity index (χ0) is 35.1. The van der Waals surface area contributed by atoms with Crippen molar-refractivity contribution in [1.82, 2.24) is 29.1 Å². The Balaban J connectivity index is 0.000000157. The summed E-state index contributed by atoms with van der Waals surface area (Å²) < 4.78 is 9.53. The number of rotatable bonds is 6. The predicted octanol–water partition coefficient (Wildman–Crippen LogP) is 8.51. The molecule has 0 saturated carbocycles. The average Bonchev–Trinajstić information content (AvgIpc) is 3.70. The molecule has 6 aromatic heterocycles. The first-order chi connectivity index (χ1) is 24.2. The molecular formula is C36H24Cl2N6O4S2. The maximum Gasteiger partial charge on any atom is 0.275 e. The maximum atomic E-state index is 13.0. The number of pyridine rings is 2. The van der Waals surface area contributed by atoms with Gasteiger partial charge in [-0.15, -0.1) is 22.7 Å². The number of hydrogen-bond donors (Lipinski definition) is 0. The summed E-state index contributed by atoms with van der Waals surface area (Å²) in [5, 5.41) is 2.65. The molecule has 0 bridgehead atoms. The van der Waals surface area contributed by atoms with Crippen LogP contribution in [0, 0.1) is 0 Å². The van der Waals surface area contributed by atoms with E-state index in [4.69, 9.17) is 27.9 Å². The number of ether oxygens (including phenoxy) is 1. The molecule has 8 aromatic rings. The molecule has 0 saturated heterocycles. The lowest BCUT2D eigenvalue weighted by molar-refractivity contribution is 0.101. The normalized spacial score (nSPS) is 11.2. The van der Waals surface area contributed by atoms with E-state index < -0.39 is 0 Å². The van der Waals surface area contributed by atoms with Crippen LogP contribution in [0.3, 0.4) is 0 Å². The van der Waals surface area contributed by atoms with Crippen LogP contribution in [0.4, 0.5) is 0 Å². The number of aromatic nitrogens is 6. The summed E-state index contributed by atoms with van der Waals surface area (Å²) in [5.74, 6) is 0.467. The van der Waals surface area contributed by atoms with Gasteiger partial charge in [-0.05, 0) is 74.5 Å². The number of Topliss-reactive ketones (excluding diaryl/α,β-unsaturated/α-hetero) is 1. The van der Waals surface area contributed by atoms with Gasteiger partial charge in [0.25, 0.3) is 11.1 Å². The number of ketones is 1. The number of carbonyl (C=O) groups is 1. The van der Waals surface area contributed by atoms with Crippen LogP contribution < -0.4 is 11.1 Å². The van der Waals surface area contributed by atoms with Crippen LogP contribution in [0.25, 0.3) is 58.0 Å². The molecule has 0 N–H and O–H groups in total. The quantitative estimate of drug-likeness (QED) is 0.123. The van der Waals surface area contributed by atoms with E-state index in [1.165, 1.54) is 51.4 Å². The van der Waals surface area contributed by atoms with Gasteiger partial charge < -0.3 is 4.74 Å². The Hall–Kier alpha value is -5.27. The van der Waals surface area contributed by atoms with Crippen molar-refractivity contribution in [2.45, 2.75) is 13.8 Å². The van der Waals surface area contributed by atoms with Gasteiger partial charge in [-0.25, -0.2) is 19.9 Å². The summed E-state index contributed by atoms with van der Waals surface area (Å²) in [6.45, 7) is 7.89. The van der Waals surface area contributed by atoms with E-state index in [1.54, 1.807) is 67.0 Å². The molecule has 10 nitrogen and oxygen atoms in total. The fourth-order valence-electron chi connectivity index (χ4n) is 5.45. The molecule has 6 heterocycles. The molecule has 50 heavy (non-hydrogen) atoms. The Bertz CT molecular complexity index is 2740. The van der Waals surface area contributed by atoms with E-state index in [9.17, 15) is 14.4 Å². The Morgan fingerprint density at radius 1 is 0.720 bits per heavy atom. The summed E-state index contributed by atoms with van der Waals surface area (Å²) in [7, 11) is 0. The molecule has 0 atom stereocenters. The minimum absolute atomic E-state index is 0.0780. The van der Waals surface area contributed by atoms with Gasteiger partial charge in [-0.1, -0.05) is 29.8 Å². The molecule has 2 aromatic carbocycles. The maximum absolute atomic E-state index is 13.0. The molecule has 14 heteroatoms. The molecule has 0 radical (unpaired) electrons. The summed E-state index contributed by atoms with van der Waals surface area (Å²) >= 11 is 14.4. The van der Waals surface area contributed by atoms with Gasteiger partial charge in [0.05, 0.1) is 29.0 Å². The van der Waals surface area contributed by atoms with Gasteiger partial charge in [0.1, 0.15) is 37.5 Å². The van der Waals surface area contributed by atoms with Gasteiger partial charge in [0.15, 0.2) is 5.78 Å². The van der Waals surface area contributed by atoms with Crippen molar-refractivity contribution in [2.75, 3.05) is 6.61 Å². The van der Waals surface area contributed by atoms with Crippen LogP contribution >= 0.6 is 45.9 Å². The van der Waals surface area contributed by atoms with Gasteiger partial charge >= 0.3 is 0 Å². The molecule has 248 valence electrons. The highest BCUT2D eigenvalue weighted by molar-refractivity contribution is 7.25. The third-order valence-corrected chi connectivity index (χ3v) is 10.4. The molecule has 0 aliphatic heterocycles. The number of benzene rings is 2. The van der Waals surface area contributed by atoms with Crippen molar-refractivity contribution >= 4 is 98.3 Å². The predicted molar refractivity (Wildman–Crippen MR) is 202 cm³/mol. The number of nitrogens with zero attached hydrogens (tertiary/aromatic N) is 6. The topological polar surface area (TPSA) is 122 Å². The third-order valence-electron chi connectivity index (χ3n) is 7.77.